The highest BCUT2D eigenvalue weighted by molar-refractivity contribution is 5.85. The van der Waals surface area contributed by atoms with Gasteiger partial charge >= 0.3 is 0 Å². The first-order valence-electron chi connectivity index (χ1n) is 4.82. The SMILES string of the molecule is Cl.Cl.NCC12CCCCN1CCC2. The van der Waals surface area contributed by atoms with Crippen molar-refractivity contribution in [3.8, 4) is 0 Å². The Hall–Kier alpha value is 0.500. The molecule has 2 aliphatic rings. The molecule has 0 amide bonds. The Morgan fingerprint density at radius 2 is 1.62 bits per heavy atom. The van der Waals surface area contributed by atoms with Crippen LogP contribution in [0.25, 0.3) is 0 Å². The third kappa shape index (κ3) is 2.30. The lowest BCUT2D eigenvalue weighted by atomic mass is 9.87. The van der Waals surface area contributed by atoms with Gasteiger partial charge in [-0.15, -0.1) is 24.8 Å². The second kappa shape index (κ2) is 5.40. The number of halogens is 2. The van der Waals surface area contributed by atoms with Crippen molar-refractivity contribution in [2.24, 2.45) is 5.73 Å². The monoisotopic (exact) mass is 226 g/mol. The summed E-state index contributed by atoms with van der Waals surface area (Å²) in [5.41, 5.74) is 6.28. The molecule has 4 heteroatoms. The van der Waals surface area contributed by atoms with Gasteiger partial charge in [-0.2, -0.15) is 0 Å². The normalized spacial score (nSPS) is 33.0. The highest BCUT2D eigenvalue weighted by atomic mass is 35.5. The third-order valence-electron chi connectivity index (χ3n) is 3.44. The zero-order chi connectivity index (χ0) is 7.73. The summed E-state index contributed by atoms with van der Waals surface area (Å²) >= 11 is 0. The van der Waals surface area contributed by atoms with E-state index in [2.05, 4.69) is 4.90 Å². The number of nitrogens with two attached hydrogens (primary N) is 1. The Morgan fingerprint density at radius 3 is 2.23 bits per heavy atom. The third-order valence-corrected chi connectivity index (χ3v) is 3.44. The zero-order valence-electron chi connectivity index (χ0n) is 8.00. The van der Waals surface area contributed by atoms with Crippen LogP contribution in [0.15, 0.2) is 0 Å². The molecule has 2 fully saturated rings. The molecule has 80 valence electrons. The van der Waals surface area contributed by atoms with Crippen LogP contribution in [0.4, 0.5) is 0 Å². The van der Waals surface area contributed by atoms with Gasteiger partial charge in [-0.3, -0.25) is 4.90 Å². The fourth-order valence-corrected chi connectivity index (χ4v) is 2.72. The van der Waals surface area contributed by atoms with Crippen LogP contribution >= 0.6 is 24.8 Å². The first-order chi connectivity index (χ1) is 5.37. The molecule has 13 heavy (non-hydrogen) atoms. The lowest BCUT2D eigenvalue weighted by Gasteiger charge is -2.41. The average Bonchev–Trinajstić information content (AvgIpc) is 2.48. The molecule has 2 N–H and O–H groups in total. The molecule has 0 aromatic heterocycles. The Morgan fingerprint density at radius 1 is 1.00 bits per heavy atom. The molecule has 2 aliphatic heterocycles. The van der Waals surface area contributed by atoms with E-state index in [1.54, 1.807) is 0 Å². The lowest BCUT2D eigenvalue weighted by molar-refractivity contribution is 0.0977. The topological polar surface area (TPSA) is 29.3 Å². The van der Waals surface area contributed by atoms with Crippen molar-refractivity contribution in [1.29, 1.82) is 0 Å². The smallest absolute Gasteiger partial charge is 0.0332 e. The quantitative estimate of drug-likeness (QED) is 0.740. The summed E-state index contributed by atoms with van der Waals surface area (Å²) in [6.45, 7) is 3.49. The van der Waals surface area contributed by atoms with Crippen LogP contribution in [0.2, 0.25) is 0 Å². The minimum Gasteiger partial charge on any atom is -0.329 e. The molecule has 1 atom stereocenters. The van der Waals surface area contributed by atoms with Crippen molar-refractivity contribution in [2.45, 2.75) is 37.6 Å². The summed E-state index contributed by atoms with van der Waals surface area (Å²) in [6, 6.07) is 0. The summed E-state index contributed by atoms with van der Waals surface area (Å²) in [6.07, 6.45) is 6.86. The fraction of sp³-hybridized carbons (Fsp3) is 1.00. The standard InChI is InChI=1S/C9H18N2.2ClH/c10-8-9-4-1-2-6-11(9)7-3-5-9;;/h1-8,10H2;2*1H. The maximum absolute atomic E-state index is 5.84. The van der Waals surface area contributed by atoms with Crippen molar-refractivity contribution < 1.29 is 0 Å². The molecular formula is C9H20Cl2N2. The fourth-order valence-electron chi connectivity index (χ4n) is 2.72. The summed E-state index contributed by atoms with van der Waals surface area (Å²) < 4.78 is 0. The van der Waals surface area contributed by atoms with E-state index in [1.165, 1.54) is 45.2 Å². The van der Waals surface area contributed by atoms with E-state index in [1.807, 2.05) is 0 Å². The van der Waals surface area contributed by atoms with Gasteiger partial charge in [0.25, 0.3) is 0 Å². The average molecular weight is 227 g/mol. The highest BCUT2D eigenvalue weighted by Gasteiger charge is 2.40. The Labute approximate surface area is 93.1 Å². The molecule has 2 saturated heterocycles. The number of hydrogen-bond acceptors (Lipinski definition) is 2. The van der Waals surface area contributed by atoms with Crippen LogP contribution in [0.3, 0.4) is 0 Å². The van der Waals surface area contributed by atoms with Gasteiger partial charge in [0.2, 0.25) is 0 Å². The summed E-state index contributed by atoms with van der Waals surface area (Å²) in [5.74, 6) is 0. The first-order valence-corrected chi connectivity index (χ1v) is 4.82. The Bertz CT molecular complexity index is 155. The van der Waals surface area contributed by atoms with E-state index in [0.717, 1.165) is 6.54 Å². The number of hydrogen-bond donors (Lipinski definition) is 1. The summed E-state index contributed by atoms with van der Waals surface area (Å²) in [4.78, 5) is 2.62. The molecule has 0 aromatic carbocycles. The van der Waals surface area contributed by atoms with Gasteiger partial charge in [-0.05, 0) is 38.8 Å². The van der Waals surface area contributed by atoms with Crippen LogP contribution in [0, 0.1) is 0 Å². The molecule has 0 aliphatic carbocycles. The maximum atomic E-state index is 5.84. The highest BCUT2D eigenvalue weighted by Crippen LogP contribution is 2.36. The van der Waals surface area contributed by atoms with Crippen molar-refractivity contribution in [3.63, 3.8) is 0 Å². The molecule has 2 rings (SSSR count). The van der Waals surface area contributed by atoms with Crippen LogP contribution < -0.4 is 5.73 Å². The summed E-state index contributed by atoms with van der Waals surface area (Å²) in [5, 5.41) is 0. The largest absolute Gasteiger partial charge is 0.329 e. The van der Waals surface area contributed by atoms with Gasteiger partial charge in [0, 0.05) is 12.1 Å². The van der Waals surface area contributed by atoms with E-state index in [0.29, 0.717) is 5.54 Å². The Balaban J connectivity index is 0.000000720. The van der Waals surface area contributed by atoms with E-state index < -0.39 is 0 Å². The van der Waals surface area contributed by atoms with Crippen LogP contribution in [0.1, 0.15) is 32.1 Å². The molecule has 0 saturated carbocycles. The summed E-state index contributed by atoms with van der Waals surface area (Å²) in [7, 11) is 0. The van der Waals surface area contributed by atoms with Gasteiger partial charge in [0.1, 0.15) is 0 Å². The zero-order valence-corrected chi connectivity index (χ0v) is 9.63. The Kier molecular flexibility index (Phi) is 5.61. The van der Waals surface area contributed by atoms with Crippen molar-refractivity contribution in [2.75, 3.05) is 19.6 Å². The van der Waals surface area contributed by atoms with Crippen LogP contribution in [-0.2, 0) is 0 Å². The van der Waals surface area contributed by atoms with Gasteiger partial charge < -0.3 is 5.73 Å². The molecule has 0 aromatic rings. The minimum absolute atomic E-state index is 0. The van der Waals surface area contributed by atoms with Gasteiger partial charge in [-0.1, -0.05) is 6.42 Å². The van der Waals surface area contributed by atoms with Crippen molar-refractivity contribution >= 4 is 24.8 Å². The van der Waals surface area contributed by atoms with Gasteiger partial charge in [0.15, 0.2) is 0 Å². The van der Waals surface area contributed by atoms with E-state index in [9.17, 15) is 0 Å². The second-order valence-corrected chi connectivity index (χ2v) is 3.98. The predicted octanol–water partition coefficient (Wildman–Crippen LogP) is 1.81. The molecule has 1 unspecified atom stereocenters. The molecule has 0 spiro atoms. The number of piperidine rings is 1. The van der Waals surface area contributed by atoms with E-state index in [-0.39, 0.29) is 24.8 Å². The molecular weight excluding hydrogens is 207 g/mol. The lowest BCUT2D eigenvalue weighted by Crippen LogP contribution is -2.52. The molecule has 2 heterocycles. The predicted molar refractivity (Wildman–Crippen MR) is 60.9 cm³/mol. The van der Waals surface area contributed by atoms with Gasteiger partial charge in [0.05, 0.1) is 0 Å². The minimum atomic E-state index is 0. The van der Waals surface area contributed by atoms with E-state index in [4.69, 9.17) is 5.73 Å². The van der Waals surface area contributed by atoms with Crippen molar-refractivity contribution in [3.05, 3.63) is 0 Å². The first kappa shape index (κ1) is 13.5. The second-order valence-electron chi connectivity index (χ2n) is 3.98. The van der Waals surface area contributed by atoms with Crippen LogP contribution in [0.5, 0.6) is 0 Å². The molecule has 0 bridgehead atoms. The number of fused-ring (bicyclic) bond motifs is 1. The molecule has 2 nitrogen and oxygen atoms in total. The number of nitrogens with zero attached hydrogens (tertiary/aromatic N) is 1. The number of rotatable bonds is 1. The van der Waals surface area contributed by atoms with Crippen LogP contribution in [-0.4, -0.2) is 30.1 Å². The van der Waals surface area contributed by atoms with E-state index >= 15 is 0 Å². The van der Waals surface area contributed by atoms with Gasteiger partial charge in [-0.25, -0.2) is 0 Å². The maximum Gasteiger partial charge on any atom is 0.0332 e. The van der Waals surface area contributed by atoms with Crippen molar-refractivity contribution in [1.82, 2.24) is 4.90 Å². The molecule has 0 radical (unpaired) electrons.